The van der Waals surface area contributed by atoms with Crippen LogP contribution in [0.15, 0.2) is 24.5 Å². The van der Waals surface area contributed by atoms with Crippen molar-refractivity contribution in [1.29, 1.82) is 0 Å². The molecule has 0 aliphatic rings. The van der Waals surface area contributed by atoms with Crippen LogP contribution < -0.4 is 11.1 Å². The van der Waals surface area contributed by atoms with Crippen molar-refractivity contribution in [2.75, 3.05) is 5.73 Å². The molecule has 0 saturated carbocycles. The molecule has 5 nitrogen and oxygen atoms in total. The van der Waals surface area contributed by atoms with E-state index < -0.39 is 17.5 Å². The summed E-state index contributed by atoms with van der Waals surface area (Å²) in [5.41, 5.74) is 5.26. The number of hydrogen-bond acceptors (Lipinski definition) is 3. The molecule has 19 heavy (non-hydrogen) atoms. The topological polar surface area (TPSA) is 72.9 Å². The van der Waals surface area contributed by atoms with E-state index in [0.29, 0.717) is 5.82 Å². The van der Waals surface area contributed by atoms with Crippen LogP contribution in [0.1, 0.15) is 16.2 Å². The highest BCUT2D eigenvalue weighted by Gasteiger charge is 2.14. The van der Waals surface area contributed by atoms with Gasteiger partial charge in [-0.25, -0.2) is 13.8 Å². The zero-order valence-corrected chi connectivity index (χ0v) is 10.2. The van der Waals surface area contributed by atoms with Crippen LogP contribution in [-0.4, -0.2) is 15.5 Å². The number of halogens is 2. The first-order chi connectivity index (χ1) is 8.99. The van der Waals surface area contributed by atoms with E-state index in [-0.39, 0.29) is 17.8 Å². The number of anilines is 1. The van der Waals surface area contributed by atoms with E-state index >= 15 is 0 Å². The molecule has 100 valence electrons. The lowest BCUT2D eigenvalue weighted by atomic mass is 10.1. The lowest BCUT2D eigenvalue weighted by Crippen LogP contribution is -2.25. The van der Waals surface area contributed by atoms with Crippen molar-refractivity contribution in [3.8, 4) is 0 Å². The number of benzene rings is 1. The fourth-order valence-corrected chi connectivity index (χ4v) is 1.58. The highest BCUT2D eigenvalue weighted by Crippen LogP contribution is 2.16. The van der Waals surface area contributed by atoms with Gasteiger partial charge in [-0.3, -0.25) is 4.79 Å². The van der Waals surface area contributed by atoms with E-state index in [0.717, 1.165) is 12.1 Å². The standard InChI is InChI=1S/C12H12F2N4O/c1-18-3-2-16-11(18)6-17-12(19)7-4-8(13)9(14)5-10(7)15/h2-5H,6,15H2,1H3,(H,17,19). The molecule has 2 rings (SSSR count). The molecule has 0 aliphatic heterocycles. The molecule has 0 atom stereocenters. The Morgan fingerprint density at radius 1 is 1.42 bits per heavy atom. The predicted octanol–water partition coefficient (Wildman–Crippen LogP) is 1.21. The van der Waals surface area contributed by atoms with Gasteiger partial charge in [-0.15, -0.1) is 0 Å². The summed E-state index contributed by atoms with van der Waals surface area (Å²) in [4.78, 5) is 15.8. The third kappa shape index (κ3) is 2.70. The van der Waals surface area contributed by atoms with Crippen molar-refractivity contribution in [2.45, 2.75) is 6.54 Å². The normalized spacial score (nSPS) is 10.5. The third-order valence-corrected chi connectivity index (χ3v) is 2.67. The van der Waals surface area contributed by atoms with E-state index in [9.17, 15) is 13.6 Å². The minimum absolute atomic E-state index is 0.104. The summed E-state index contributed by atoms with van der Waals surface area (Å²) in [5, 5.41) is 2.54. The van der Waals surface area contributed by atoms with Crippen molar-refractivity contribution in [3.05, 3.63) is 47.5 Å². The molecule has 0 unspecified atom stereocenters. The summed E-state index contributed by atoms with van der Waals surface area (Å²) in [7, 11) is 1.78. The van der Waals surface area contributed by atoms with Crippen LogP contribution in [0.3, 0.4) is 0 Å². The van der Waals surface area contributed by atoms with Crippen molar-refractivity contribution >= 4 is 11.6 Å². The number of aryl methyl sites for hydroxylation is 1. The van der Waals surface area contributed by atoms with Gasteiger partial charge < -0.3 is 15.6 Å². The number of rotatable bonds is 3. The number of hydrogen-bond donors (Lipinski definition) is 2. The van der Waals surface area contributed by atoms with Gasteiger partial charge in [0.1, 0.15) is 5.82 Å². The molecule has 3 N–H and O–H groups in total. The van der Waals surface area contributed by atoms with Gasteiger partial charge in [-0.1, -0.05) is 0 Å². The lowest BCUT2D eigenvalue weighted by Gasteiger charge is -2.08. The summed E-state index contributed by atoms with van der Waals surface area (Å²) in [6, 6.07) is 1.56. The minimum atomic E-state index is -1.11. The number of nitrogens with zero attached hydrogens (tertiary/aromatic N) is 2. The quantitative estimate of drug-likeness (QED) is 0.820. The Hall–Kier alpha value is -2.44. The van der Waals surface area contributed by atoms with Crippen molar-refractivity contribution in [1.82, 2.24) is 14.9 Å². The number of amides is 1. The molecule has 2 aromatic rings. The molecule has 0 saturated heterocycles. The molecule has 1 aromatic carbocycles. The number of imidazole rings is 1. The van der Waals surface area contributed by atoms with Crippen LogP contribution in [0.2, 0.25) is 0 Å². The molecule has 1 aromatic heterocycles. The smallest absolute Gasteiger partial charge is 0.253 e. The van der Waals surface area contributed by atoms with E-state index in [1.165, 1.54) is 0 Å². The van der Waals surface area contributed by atoms with E-state index in [1.54, 1.807) is 24.0 Å². The summed E-state index contributed by atoms with van der Waals surface area (Å²) >= 11 is 0. The summed E-state index contributed by atoms with van der Waals surface area (Å²) in [6.45, 7) is 0.167. The van der Waals surface area contributed by atoms with Crippen molar-refractivity contribution < 1.29 is 13.6 Å². The van der Waals surface area contributed by atoms with Crippen molar-refractivity contribution in [2.24, 2.45) is 7.05 Å². The predicted molar refractivity (Wildman–Crippen MR) is 65.1 cm³/mol. The second-order valence-electron chi connectivity index (χ2n) is 3.99. The second kappa shape index (κ2) is 5.05. The molecule has 1 amide bonds. The molecule has 0 fully saturated rings. The van der Waals surface area contributed by atoms with E-state index in [2.05, 4.69) is 10.3 Å². The molecule has 0 spiro atoms. The molecule has 0 bridgehead atoms. The summed E-state index contributed by atoms with van der Waals surface area (Å²) in [5.74, 6) is -2.15. The van der Waals surface area contributed by atoms with Crippen LogP contribution in [0.4, 0.5) is 14.5 Å². The molecular weight excluding hydrogens is 254 g/mol. The zero-order valence-electron chi connectivity index (χ0n) is 10.2. The molecule has 0 aliphatic carbocycles. The number of aromatic nitrogens is 2. The first kappa shape index (κ1) is 13.0. The van der Waals surface area contributed by atoms with Gasteiger partial charge in [-0.05, 0) is 6.07 Å². The number of carbonyl (C=O) groups is 1. The third-order valence-electron chi connectivity index (χ3n) is 2.67. The molecule has 0 radical (unpaired) electrons. The maximum Gasteiger partial charge on any atom is 0.253 e. The van der Waals surface area contributed by atoms with Crippen LogP contribution in [-0.2, 0) is 13.6 Å². The van der Waals surface area contributed by atoms with Gasteiger partial charge in [0.05, 0.1) is 12.1 Å². The Labute approximate surface area is 108 Å². The van der Waals surface area contributed by atoms with Crippen molar-refractivity contribution in [3.63, 3.8) is 0 Å². The second-order valence-corrected chi connectivity index (χ2v) is 3.99. The van der Waals surface area contributed by atoms with Gasteiger partial charge in [0.2, 0.25) is 0 Å². The number of carbonyl (C=O) groups excluding carboxylic acids is 1. The SMILES string of the molecule is Cn1ccnc1CNC(=O)c1cc(F)c(F)cc1N. The highest BCUT2D eigenvalue weighted by molar-refractivity contribution is 5.99. The first-order valence-electron chi connectivity index (χ1n) is 5.48. The molecule has 7 heteroatoms. The van der Waals surface area contributed by atoms with E-state index in [1.807, 2.05) is 0 Å². The monoisotopic (exact) mass is 266 g/mol. The Balaban J connectivity index is 2.12. The maximum absolute atomic E-state index is 13.1. The van der Waals surface area contributed by atoms with Crippen LogP contribution in [0.25, 0.3) is 0 Å². The van der Waals surface area contributed by atoms with Crippen LogP contribution in [0.5, 0.6) is 0 Å². The van der Waals surface area contributed by atoms with Gasteiger partial charge in [0, 0.05) is 31.2 Å². The summed E-state index contributed by atoms with van der Waals surface area (Å²) in [6.07, 6.45) is 3.32. The fraction of sp³-hybridized carbons (Fsp3) is 0.167. The Morgan fingerprint density at radius 3 is 2.74 bits per heavy atom. The fourth-order valence-electron chi connectivity index (χ4n) is 1.58. The number of nitrogens with two attached hydrogens (primary N) is 1. The number of nitrogens with one attached hydrogen (secondary N) is 1. The maximum atomic E-state index is 13.1. The number of nitrogen functional groups attached to an aromatic ring is 1. The Bertz CT molecular complexity index is 624. The van der Waals surface area contributed by atoms with Gasteiger partial charge in [0.25, 0.3) is 5.91 Å². The average Bonchev–Trinajstić information content (AvgIpc) is 2.76. The highest BCUT2D eigenvalue weighted by atomic mass is 19.2. The Kier molecular flexibility index (Phi) is 3.46. The van der Waals surface area contributed by atoms with Crippen LogP contribution >= 0.6 is 0 Å². The first-order valence-corrected chi connectivity index (χ1v) is 5.48. The zero-order chi connectivity index (χ0) is 14.0. The van der Waals surface area contributed by atoms with Crippen LogP contribution in [0, 0.1) is 11.6 Å². The van der Waals surface area contributed by atoms with Gasteiger partial charge >= 0.3 is 0 Å². The van der Waals surface area contributed by atoms with Gasteiger partial charge in [0.15, 0.2) is 11.6 Å². The lowest BCUT2D eigenvalue weighted by molar-refractivity contribution is 0.0950. The molecule has 1 heterocycles. The summed E-state index contributed by atoms with van der Waals surface area (Å²) < 4.78 is 27.7. The minimum Gasteiger partial charge on any atom is -0.398 e. The largest absolute Gasteiger partial charge is 0.398 e. The average molecular weight is 266 g/mol. The molecular formula is C12H12F2N4O. The van der Waals surface area contributed by atoms with E-state index in [4.69, 9.17) is 5.73 Å². The Morgan fingerprint density at radius 2 is 2.11 bits per heavy atom. The van der Waals surface area contributed by atoms with Gasteiger partial charge in [-0.2, -0.15) is 0 Å².